The van der Waals surface area contributed by atoms with Crippen molar-refractivity contribution in [3.05, 3.63) is 23.8 Å². The van der Waals surface area contributed by atoms with Gasteiger partial charge in [0.25, 0.3) is 0 Å². The molecule has 2 rings (SSSR count). The Morgan fingerprint density at radius 3 is 2.89 bits per heavy atom. The Hall–Kier alpha value is -1.23. The average Bonchev–Trinajstić information content (AvgIpc) is 2.36. The van der Waals surface area contributed by atoms with Gasteiger partial charge in [0.1, 0.15) is 0 Å². The number of nitrogens with two attached hydrogens (primary N) is 1. The Morgan fingerprint density at radius 1 is 1.39 bits per heavy atom. The lowest BCUT2D eigenvalue weighted by atomic mass is 10.0. The van der Waals surface area contributed by atoms with Crippen LogP contribution in [-0.4, -0.2) is 33.0 Å². The highest BCUT2D eigenvalue weighted by atomic mass is 32.2. The Kier molecular flexibility index (Phi) is 3.80. The molecule has 100 valence electrons. The van der Waals surface area contributed by atoms with Gasteiger partial charge in [0, 0.05) is 30.2 Å². The summed E-state index contributed by atoms with van der Waals surface area (Å²) in [5.74, 6) is 0.447. The summed E-state index contributed by atoms with van der Waals surface area (Å²) in [7, 11) is -2.90. The van der Waals surface area contributed by atoms with Crippen molar-refractivity contribution < 1.29 is 8.42 Å². The molecule has 4 nitrogen and oxygen atoms in total. The van der Waals surface area contributed by atoms with Gasteiger partial charge >= 0.3 is 0 Å². The van der Waals surface area contributed by atoms with E-state index >= 15 is 0 Å². The molecule has 1 aliphatic rings. The van der Waals surface area contributed by atoms with Crippen molar-refractivity contribution in [2.45, 2.75) is 19.8 Å². The molecule has 1 aromatic carbocycles. The van der Waals surface area contributed by atoms with Crippen LogP contribution in [-0.2, 0) is 16.3 Å². The molecule has 1 aromatic rings. The van der Waals surface area contributed by atoms with E-state index in [1.807, 2.05) is 18.2 Å². The molecule has 0 saturated heterocycles. The molecule has 18 heavy (non-hydrogen) atoms. The second-order valence-corrected chi connectivity index (χ2v) is 7.19. The van der Waals surface area contributed by atoms with Crippen molar-refractivity contribution in [1.29, 1.82) is 0 Å². The lowest BCUT2D eigenvalue weighted by Crippen LogP contribution is -2.34. The van der Waals surface area contributed by atoms with Crippen molar-refractivity contribution in [1.82, 2.24) is 0 Å². The second-order valence-electron chi connectivity index (χ2n) is 4.72. The summed E-state index contributed by atoms with van der Waals surface area (Å²) in [6.07, 6.45) is 2.08. The second kappa shape index (κ2) is 5.18. The van der Waals surface area contributed by atoms with Gasteiger partial charge in [-0.05, 0) is 36.6 Å². The molecule has 0 atom stereocenters. The molecule has 1 heterocycles. The SMILES string of the molecule is CCS(=O)(=O)CCN1CCCc2cc(N)ccc21. The van der Waals surface area contributed by atoms with E-state index in [-0.39, 0.29) is 11.5 Å². The molecule has 0 fully saturated rings. The van der Waals surface area contributed by atoms with Crippen LogP contribution in [0.3, 0.4) is 0 Å². The topological polar surface area (TPSA) is 63.4 Å². The maximum absolute atomic E-state index is 11.6. The van der Waals surface area contributed by atoms with Crippen LogP contribution in [0, 0.1) is 0 Å². The maximum Gasteiger partial charge on any atom is 0.151 e. The number of aryl methyl sites for hydroxylation is 1. The van der Waals surface area contributed by atoms with Crippen molar-refractivity contribution in [3.8, 4) is 0 Å². The molecule has 0 radical (unpaired) electrons. The summed E-state index contributed by atoms with van der Waals surface area (Å²) in [5.41, 5.74) is 8.92. The third kappa shape index (κ3) is 2.96. The predicted octanol–water partition coefficient (Wildman–Crippen LogP) is 1.46. The van der Waals surface area contributed by atoms with Crippen LogP contribution in [0.15, 0.2) is 18.2 Å². The standard InChI is InChI=1S/C13H20N2O2S/c1-2-18(16,17)9-8-15-7-3-4-11-10-12(14)5-6-13(11)15/h5-6,10H,2-4,7-9,14H2,1H3. The van der Waals surface area contributed by atoms with Crippen LogP contribution >= 0.6 is 0 Å². The van der Waals surface area contributed by atoms with Crippen LogP contribution in [0.4, 0.5) is 11.4 Å². The van der Waals surface area contributed by atoms with Crippen molar-refractivity contribution in [2.75, 3.05) is 35.2 Å². The smallest absolute Gasteiger partial charge is 0.151 e. The van der Waals surface area contributed by atoms with Crippen molar-refractivity contribution in [2.24, 2.45) is 0 Å². The number of hydrogen-bond donors (Lipinski definition) is 1. The number of anilines is 2. The van der Waals surface area contributed by atoms with Crippen LogP contribution in [0.2, 0.25) is 0 Å². The molecule has 0 unspecified atom stereocenters. The van der Waals surface area contributed by atoms with Crippen molar-refractivity contribution in [3.63, 3.8) is 0 Å². The summed E-state index contributed by atoms with van der Waals surface area (Å²) in [6, 6.07) is 5.88. The van der Waals surface area contributed by atoms with E-state index in [0.29, 0.717) is 6.54 Å². The highest BCUT2D eigenvalue weighted by molar-refractivity contribution is 7.91. The number of nitrogen functional groups attached to an aromatic ring is 1. The average molecular weight is 268 g/mol. The van der Waals surface area contributed by atoms with Gasteiger partial charge in [0.2, 0.25) is 0 Å². The van der Waals surface area contributed by atoms with E-state index < -0.39 is 9.84 Å². The minimum Gasteiger partial charge on any atom is -0.399 e. The first-order valence-electron chi connectivity index (χ1n) is 6.35. The Morgan fingerprint density at radius 2 is 2.17 bits per heavy atom. The van der Waals surface area contributed by atoms with Crippen LogP contribution in [0.1, 0.15) is 18.9 Å². The summed E-state index contributed by atoms with van der Waals surface area (Å²) < 4.78 is 23.1. The Labute approximate surface area is 109 Å². The first kappa shape index (κ1) is 13.2. The number of hydrogen-bond acceptors (Lipinski definition) is 4. The largest absolute Gasteiger partial charge is 0.399 e. The van der Waals surface area contributed by atoms with Gasteiger partial charge in [-0.3, -0.25) is 0 Å². The fourth-order valence-corrected chi connectivity index (χ4v) is 3.11. The van der Waals surface area contributed by atoms with Gasteiger partial charge < -0.3 is 10.6 Å². The number of fused-ring (bicyclic) bond motifs is 1. The summed E-state index contributed by atoms with van der Waals surface area (Å²) >= 11 is 0. The van der Waals surface area contributed by atoms with Gasteiger partial charge in [0.15, 0.2) is 9.84 Å². The normalized spacial score (nSPS) is 15.5. The van der Waals surface area contributed by atoms with Gasteiger partial charge in [0.05, 0.1) is 5.75 Å². The third-order valence-electron chi connectivity index (χ3n) is 3.43. The molecular weight excluding hydrogens is 248 g/mol. The molecule has 2 N–H and O–H groups in total. The summed E-state index contributed by atoms with van der Waals surface area (Å²) in [5, 5.41) is 0. The quantitative estimate of drug-likeness (QED) is 0.840. The molecule has 0 spiro atoms. The molecule has 5 heteroatoms. The van der Waals surface area contributed by atoms with Crippen LogP contribution < -0.4 is 10.6 Å². The van der Waals surface area contributed by atoms with Crippen LogP contribution in [0.5, 0.6) is 0 Å². The van der Waals surface area contributed by atoms with Gasteiger partial charge in [-0.2, -0.15) is 0 Å². The lowest BCUT2D eigenvalue weighted by molar-refractivity contribution is 0.594. The van der Waals surface area contributed by atoms with E-state index in [9.17, 15) is 8.42 Å². The molecule has 0 amide bonds. The zero-order valence-corrected chi connectivity index (χ0v) is 11.5. The summed E-state index contributed by atoms with van der Waals surface area (Å²) in [4.78, 5) is 2.16. The predicted molar refractivity (Wildman–Crippen MR) is 75.7 cm³/mol. The van der Waals surface area contributed by atoms with E-state index in [1.54, 1.807) is 6.92 Å². The van der Waals surface area contributed by atoms with E-state index in [2.05, 4.69) is 4.90 Å². The summed E-state index contributed by atoms with van der Waals surface area (Å²) in [6.45, 7) is 3.20. The third-order valence-corrected chi connectivity index (χ3v) is 5.11. The minimum atomic E-state index is -2.90. The molecule has 1 aliphatic heterocycles. The Balaban J connectivity index is 2.13. The minimum absolute atomic E-state index is 0.218. The number of rotatable bonds is 4. The van der Waals surface area contributed by atoms with E-state index in [4.69, 9.17) is 5.73 Å². The maximum atomic E-state index is 11.6. The molecule has 0 bridgehead atoms. The monoisotopic (exact) mass is 268 g/mol. The number of sulfone groups is 1. The zero-order chi connectivity index (χ0) is 13.2. The molecule has 0 aliphatic carbocycles. The van der Waals surface area contributed by atoms with E-state index in [1.165, 1.54) is 5.56 Å². The highest BCUT2D eigenvalue weighted by Crippen LogP contribution is 2.28. The molecule has 0 saturated carbocycles. The van der Waals surface area contributed by atoms with Crippen LogP contribution in [0.25, 0.3) is 0 Å². The number of nitrogens with zero attached hydrogens (tertiary/aromatic N) is 1. The molecular formula is C13H20N2O2S. The number of benzene rings is 1. The zero-order valence-electron chi connectivity index (χ0n) is 10.7. The fraction of sp³-hybridized carbons (Fsp3) is 0.538. The van der Waals surface area contributed by atoms with Gasteiger partial charge in [-0.1, -0.05) is 6.92 Å². The fourth-order valence-electron chi connectivity index (χ4n) is 2.32. The van der Waals surface area contributed by atoms with Crippen molar-refractivity contribution >= 4 is 21.2 Å². The lowest BCUT2D eigenvalue weighted by Gasteiger charge is -2.31. The van der Waals surface area contributed by atoms with Gasteiger partial charge in [-0.15, -0.1) is 0 Å². The first-order valence-corrected chi connectivity index (χ1v) is 8.18. The Bertz CT molecular complexity index is 526. The van der Waals surface area contributed by atoms with Gasteiger partial charge in [-0.25, -0.2) is 8.42 Å². The molecule has 0 aromatic heterocycles. The first-order chi connectivity index (χ1) is 8.52. The highest BCUT2D eigenvalue weighted by Gasteiger charge is 2.18. The van der Waals surface area contributed by atoms with E-state index in [0.717, 1.165) is 30.8 Å².